The topological polar surface area (TPSA) is 29.5 Å². The summed E-state index contributed by atoms with van der Waals surface area (Å²) in [5, 5.41) is 9.85. The van der Waals surface area contributed by atoms with Gasteiger partial charge in [-0.2, -0.15) is 0 Å². The molecule has 0 radical (unpaired) electrons. The summed E-state index contributed by atoms with van der Waals surface area (Å²) in [5.41, 5.74) is 1.86. The lowest BCUT2D eigenvalue weighted by atomic mass is 10.1. The Bertz CT molecular complexity index is 359. The minimum Gasteiger partial charge on any atom is -0.488 e. The molecule has 0 saturated carbocycles. The molecule has 0 fully saturated rings. The molecule has 0 aromatic heterocycles. The van der Waals surface area contributed by atoms with Crippen molar-refractivity contribution < 1.29 is 9.84 Å². The molecule has 15 heavy (non-hydrogen) atoms. The zero-order chi connectivity index (χ0) is 11.4. The fourth-order valence-electron chi connectivity index (χ4n) is 1.25. The van der Waals surface area contributed by atoms with Crippen molar-refractivity contribution in [3.63, 3.8) is 0 Å². The van der Waals surface area contributed by atoms with E-state index in [9.17, 15) is 5.11 Å². The van der Waals surface area contributed by atoms with Crippen molar-refractivity contribution in [1.29, 1.82) is 0 Å². The van der Waals surface area contributed by atoms with Gasteiger partial charge in [0.05, 0.1) is 6.10 Å². The molecule has 1 aromatic rings. The van der Waals surface area contributed by atoms with E-state index >= 15 is 0 Å². The van der Waals surface area contributed by atoms with Crippen LogP contribution in [0.4, 0.5) is 0 Å². The standard InChI is InChI=1S/C12H15ClO2/c1-8-6-11(10(3)14)4-5-12(8)15-7-9(2)13/h4-6,10,14H,2,7H2,1,3H3. The average molecular weight is 227 g/mol. The van der Waals surface area contributed by atoms with Crippen LogP contribution in [-0.2, 0) is 0 Å². The van der Waals surface area contributed by atoms with Gasteiger partial charge in [-0.3, -0.25) is 0 Å². The van der Waals surface area contributed by atoms with Crippen molar-refractivity contribution in [2.24, 2.45) is 0 Å². The lowest BCUT2D eigenvalue weighted by Crippen LogP contribution is -1.99. The molecule has 2 nitrogen and oxygen atoms in total. The van der Waals surface area contributed by atoms with E-state index in [0.717, 1.165) is 16.9 Å². The number of ether oxygens (including phenoxy) is 1. The molecule has 0 spiro atoms. The molecular formula is C12H15ClO2. The highest BCUT2D eigenvalue weighted by molar-refractivity contribution is 6.29. The predicted octanol–water partition coefficient (Wildman–Crippen LogP) is 3.18. The first-order valence-electron chi connectivity index (χ1n) is 4.75. The largest absolute Gasteiger partial charge is 0.488 e. The summed E-state index contributed by atoms with van der Waals surface area (Å²) in [5.74, 6) is 0.765. The molecule has 82 valence electrons. The molecule has 1 aromatic carbocycles. The lowest BCUT2D eigenvalue weighted by molar-refractivity contribution is 0.199. The van der Waals surface area contributed by atoms with Crippen LogP contribution in [0.25, 0.3) is 0 Å². The molecule has 0 aliphatic rings. The van der Waals surface area contributed by atoms with E-state index in [-0.39, 0.29) is 0 Å². The first kappa shape index (κ1) is 12.1. The van der Waals surface area contributed by atoms with Crippen LogP contribution in [0.5, 0.6) is 5.75 Å². The molecule has 1 N–H and O–H groups in total. The highest BCUT2D eigenvalue weighted by Gasteiger charge is 2.05. The normalized spacial score (nSPS) is 12.3. The summed E-state index contributed by atoms with van der Waals surface area (Å²) in [7, 11) is 0. The Morgan fingerprint density at radius 3 is 2.73 bits per heavy atom. The number of halogens is 1. The summed E-state index contributed by atoms with van der Waals surface area (Å²) >= 11 is 5.60. The maximum atomic E-state index is 9.38. The predicted molar refractivity (Wildman–Crippen MR) is 62.3 cm³/mol. The third-order valence-electron chi connectivity index (χ3n) is 2.07. The van der Waals surface area contributed by atoms with Gasteiger partial charge in [-0.05, 0) is 37.1 Å². The monoisotopic (exact) mass is 226 g/mol. The zero-order valence-electron chi connectivity index (χ0n) is 8.96. The fourth-order valence-corrected chi connectivity index (χ4v) is 1.31. The Morgan fingerprint density at radius 2 is 2.27 bits per heavy atom. The third-order valence-corrected chi connectivity index (χ3v) is 2.17. The van der Waals surface area contributed by atoms with Gasteiger partial charge >= 0.3 is 0 Å². The Morgan fingerprint density at radius 1 is 1.60 bits per heavy atom. The van der Waals surface area contributed by atoms with Crippen LogP contribution in [-0.4, -0.2) is 11.7 Å². The Labute approximate surface area is 95.1 Å². The minimum absolute atomic E-state index is 0.302. The van der Waals surface area contributed by atoms with Gasteiger partial charge in [-0.1, -0.05) is 24.2 Å². The smallest absolute Gasteiger partial charge is 0.123 e. The van der Waals surface area contributed by atoms with E-state index < -0.39 is 6.10 Å². The van der Waals surface area contributed by atoms with Crippen LogP contribution >= 0.6 is 11.6 Å². The SMILES string of the molecule is C=C(Cl)COc1ccc(C(C)O)cc1C. The first-order chi connectivity index (χ1) is 7.00. The van der Waals surface area contributed by atoms with Gasteiger partial charge in [0.25, 0.3) is 0 Å². The Hall–Kier alpha value is -0.990. The number of aliphatic hydroxyl groups excluding tert-OH is 1. The second-order valence-electron chi connectivity index (χ2n) is 3.51. The van der Waals surface area contributed by atoms with Crippen LogP contribution in [0, 0.1) is 6.92 Å². The molecule has 3 heteroatoms. The molecule has 0 heterocycles. The number of rotatable bonds is 4. The summed E-state index contributed by atoms with van der Waals surface area (Å²) in [6.07, 6.45) is -0.458. The summed E-state index contributed by atoms with van der Waals surface area (Å²) in [6.45, 7) is 7.51. The van der Waals surface area contributed by atoms with Crippen LogP contribution < -0.4 is 4.74 Å². The lowest BCUT2D eigenvalue weighted by Gasteiger charge is -2.11. The second-order valence-corrected chi connectivity index (χ2v) is 4.04. The van der Waals surface area contributed by atoms with E-state index in [1.54, 1.807) is 6.92 Å². The molecule has 0 amide bonds. The van der Waals surface area contributed by atoms with E-state index in [1.807, 2.05) is 25.1 Å². The third kappa shape index (κ3) is 3.57. The first-order valence-corrected chi connectivity index (χ1v) is 5.13. The maximum Gasteiger partial charge on any atom is 0.123 e. The van der Waals surface area contributed by atoms with Crippen molar-refractivity contribution in [2.45, 2.75) is 20.0 Å². The molecule has 1 rings (SSSR count). The zero-order valence-corrected chi connectivity index (χ0v) is 9.71. The van der Waals surface area contributed by atoms with Crippen LogP contribution in [0.1, 0.15) is 24.2 Å². The molecule has 0 saturated heterocycles. The van der Waals surface area contributed by atoms with E-state index in [4.69, 9.17) is 16.3 Å². The van der Waals surface area contributed by atoms with Gasteiger partial charge < -0.3 is 9.84 Å². The molecular weight excluding hydrogens is 212 g/mol. The highest BCUT2D eigenvalue weighted by Crippen LogP contribution is 2.23. The molecule has 1 atom stereocenters. The number of aliphatic hydroxyl groups is 1. The van der Waals surface area contributed by atoms with Crippen molar-refractivity contribution >= 4 is 11.6 Å². The Balaban J connectivity index is 2.79. The number of benzene rings is 1. The van der Waals surface area contributed by atoms with Crippen molar-refractivity contribution in [3.8, 4) is 5.75 Å². The van der Waals surface area contributed by atoms with Crippen LogP contribution in [0.15, 0.2) is 29.8 Å². The average Bonchev–Trinajstić information content (AvgIpc) is 2.15. The summed E-state index contributed by atoms with van der Waals surface area (Å²) in [4.78, 5) is 0. The van der Waals surface area contributed by atoms with Gasteiger partial charge in [0, 0.05) is 5.03 Å². The van der Waals surface area contributed by atoms with Crippen molar-refractivity contribution in [2.75, 3.05) is 6.61 Å². The van der Waals surface area contributed by atoms with Crippen LogP contribution in [0.2, 0.25) is 0 Å². The van der Waals surface area contributed by atoms with Gasteiger partial charge in [-0.25, -0.2) is 0 Å². The van der Waals surface area contributed by atoms with Crippen molar-refractivity contribution in [3.05, 3.63) is 40.9 Å². The fraction of sp³-hybridized carbons (Fsp3) is 0.333. The highest BCUT2D eigenvalue weighted by atomic mass is 35.5. The minimum atomic E-state index is -0.458. The van der Waals surface area contributed by atoms with E-state index in [1.165, 1.54) is 0 Å². The number of hydrogen-bond donors (Lipinski definition) is 1. The van der Waals surface area contributed by atoms with Gasteiger partial charge in [0.2, 0.25) is 0 Å². The number of hydrogen-bond acceptors (Lipinski definition) is 2. The summed E-state index contributed by atoms with van der Waals surface area (Å²) < 4.78 is 5.42. The quantitative estimate of drug-likeness (QED) is 0.855. The van der Waals surface area contributed by atoms with Gasteiger partial charge in [0.15, 0.2) is 0 Å². The van der Waals surface area contributed by atoms with Crippen molar-refractivity contribution in [1.82, 2.24) is 0 Å². The van der Waals surface area contributed by atoms with Crippen LogP contribution in [0.3, 0.4) is 0 Å². The van der Waals surface area contributed by atoms with E-state index in [2.05, 4.69) is 6.58 Å². The second kappa shape index (κ2) is 5.19. The molecule has 0 aliphatic carbocycles. The van der Waals surface area contributed by atoms with E-state index in [0.29, 0.717) is 11.6 Å². The van der Waals surface area contributed by atoms with Gasteiger partial charge in [-0.15, -0.1) is 0 Å². The maximum absolute atomic E-state index is 9.38. The van der Waals surface area contributed by atoms with Gasteiger partial charge in [0.1, 0.15) is 12.4 Å². The molecule has 1 unspecified atom stereocenters. The molecule has 0 aliphatic heterocycles. The molecule has 0 bridgehead atoms. The Kier molecular flexibility index (Phi) is 4.18. The summed E-state index contributed by atoms with van der Waals surface area (Å²) in [6, 6.07) is 5.57. The number of aryl methyl sites for hydroxylation is 1.